The van der Waals surface area contributed by atoms with E-state index in [4.69, 9.17) is 37.9 Å². The van der Waals surface area contributed by atoms with Gasteiger partial charge < -0.3 is 43.0 Å². The van der Waals surface area contributed by atoms with Crippen molar-refractivity contribution in [3.63, 3.8) is 0 Å². The molecule has 0 bridgehead atoms. The monoisotopic (exact) mass is 1080 g/mol. The highest BCUT2D eigenvalue weighted by molar-refractivity contribution is 8.24. The minimum absolute atomic E-state index is 0.254. The number of esters is 5. The van der Waals surface area contributed by atoms with E-state index in [1.807, 2.05) is 6.92 Å². The number of unbranched alkanes of at least 4 members (excludes halogenated alkanes) is 6. The maximum absolute atomic E-state index is 13.7. The van der Waals surface area contributed by atoms with E-state index in [1.165, 1.54) is 29.6 Å². The van der Waals surface area contributed by atoms with Crippen molar-refractivity contribution in [2.24, 2.45) is 23.7 Å². The highest BCUT2D eigenvalue weighted by Crippen LogP contribution is 2.59. The molecule has 0 aromatic heterocycles. The number of carbonyl (C=O) groups is 5. The van der Waals surface area contributed by atoms with Crippen LogP contribution in [0.15, 0.2) is 106 Å². The number of nitrogens with zero attached hydrogens (tertiary/aromatic N) is 1. The Morgan fingerprint density at radius 3 is 1.38 bits per heavy atom. The van der Waals surface area contributed by atoms with Crippen molar-refractivity contribution in [1.82, 2.24) is 0 Å². The number of thioether (sulfide) groups is 2. The van der Waals surface area contributed by atoms with E-state index in [-0.39, 0.29) is 40.8 Å². The smallest absolute Gasteiger partial charge is 0.330 e. The zero-order chi connectivity index (χ0) is 54.1. The number of hydrogen-bond acceptors (Lipinski definition) is 17. The summed E-state index contributed by atoms with van der Waals surface area (Å²) in [5.41, 5.74) is 0.254. The molecule has 3 aromatic carbocycles. The number of fused-ring (bicyclic) bond motifs is 1. The van der Waals surface area contributed by atoms with Crippen LogP contribution in [-0.2, 0) is 33.4 Å². The summed E-state index contributed by atoms with van der Waals surface area (Å²) in [4.78, 5) is 66.0. The number of ether oxygens (including phenoxy) is 8. The van der Waals surface area contributed by atoms with Crippen molar-refractivity contribution in [2.45, 2.75) is 132 Å². The van der Waals surface area contributed by atoms with Gasteiger partial charge in [-0.25, -0.2) is 4.79 Å². The third-order valence-corrected chi connectivity index (χ3v) is 15.6. The summed E-state index contributed by atoms with van der Waals surface area (Å²) < 4.78 is 45.9. The van der Waals surface area contributed by atoms with Gasteiger partial charge in [0.15, 0.2) is 6.29 Å². The van der Waals surface area contributed by atoms with Crippen LogP contribution >= 0.6 is 23.5 Å². The van der Waals surface area contributed by atoms with Gasteiger partial charge in [0, 0.05) is 12.5 Å². The third-order valence-electron chi connectivity index (χ3n) is 12.9. The lowest BCUT2D eigenvalue weighted by atomic mass is 9.82. The van der Waals surface area contributed by atoms with Crippen LogP contribution < -0.4 is 28.4 Å². The lowest BCUT2D eigenvalue weighted by molar-refractivity contribution is -0.145. The summed E-state index contributed by atoms with van der Waals surface area (Å²) in [6.07, 6.45) is 12.7. The fourth-order valence-electron chi connectivity index (χ4n) is 8.61. The molecule has 1 unspecified atom stereocenters. The predicted octanol–water partition coefficient (Wildman–Crippen LogP) is 11.8. The molecule has 2 aliphatic carbocycles. The molecule has 0 amide bonds. The zero-order valence-electron chi connectivity index (χ0n) is 43.1. The van der Waals surface area contributed by atoms with E-state index in [9.17, 15) is 34.3 Å². The van der Waals surface area contributed by atoms with Crippen LogP contribution in [0.1, 0.15) is 116 Å². The molecule has 2 fully saturated rings. The third kappa shape index (κ3) is 18.7. The molecule has 0 radical (unpaired) electrons. The minimum Gasteiger partial charge on any atom is -0.494 e. The largest absolute Gasteiger partial charge is 0.494 e. The van der Waals surface area contributed by atoms with Gasteiger partial charge in [-0.15, -0.1) is 0 Å². The van der Waals surface area contributed by atoms with Crippen molar-refractivity contribution in [3.05, 3.63) is 95.8 Å². The van der Waals surface area contributed by atoms with E-state index >= 15 is 0 Å². The van der Waals surface area contributed by atoms with E-state index in [0.29, 0.717) is 121 Å². The van der Waals surface area contributed by atoms with Crippen molar-refractivity contribution >= 4 is 53.4 Å². The average molecular weight is 1080 g/mol. The Morgan fingerprint density at radius 2 is 0.987 bits per heavy atom. The molecule has 1 aliphatic heterocycles. The van der Waals surface area contributed by atoms with Gasteiger partial charge in [-0.1, -0.05) is 61.9 Å². The Balaban J connectivity index is 0.948. The van der Waals surface area contributed by atoms with Crippen LogP contribution in [0.5, 0.6) is 34.5 Å². The SMILES string of the molecule is C=CC(=O)OCCCCCCOc1ccc(OC(=O)C2CCC(C(=O)Oc3ccc(OC(=O)C4CCC(C(=O)Oc5ccc(OCCCCCCOC(O)C=C)cc5)CC4)c4c3SC(=C(C#N)C#CCC)S4)CC2)cc1. The topological polar surface area (TPSA) is 203 Å². The summed E-state index contributed by atoms with van der Waals surface area (Å²) in [7, 11) is 0. The second-order valence-electron chi connectivity index (χ2n) is 18.5. The van der Waals surface area contributed by atoms with Gasteiger partial charge in [0.05, 0.1) is 64.1 Å². The maximum Gasteiger partial charge on any atom is 0.330 e. The molecule has 404 valence electrons. The molecule has 3 aliphatic rings. The standard InChI is InChI=1S/C59H67NO14S2/c1-4-7-16-44(39-60)59-75-53-49(73-57(65)42-21-17-40(18-22-42)55(63)71-47-29-25-45(26-30-47)67-35-12-8-10-14-37-69-51(61)5-2)33-34-50(54(53)76-59)74-58(66)43-23-19-41(20-24-43)56(64)72-48-31-27-46(28-32-48)68-36-13-9-11-15-38-70-52(62)6-3/h5-6,25-34,40-43,51,61H,2-4,8-15,17-24,35-38H2,1H3. The van der Waals surface area contributed by atoms with Crippen LogP contribution in [0.25, 0.3) is 0 Å². The highest BCUT2D eigenvalue weighted by atomic mass is 32.2. The van der Waals surface area contributed by atoms with Gasteiger partial charge in [0.25, 0.3) is 0 Å². The number of carbonyl (C=O) groups excluding carboxylic acids is 5. The second kappa shape index (κ2) is 31.5. The molecular formula is C59H67NO14S2. The Bertz CT molecular complexity index is 2600. The summed E-state index contributed by atoms with van der Waals surface area (Å²) in [5, 5.41) is 19.4. The molecule has 76 heavy (non-hydrogen) atoms. The first kappa shape index (κ1) is 58.8. The van der Waals surface area contributed by atoms with Crippen molar-refractivity contribution in [3.8, 4) is 52.4 Å². The number of benzene rings is 3. The van der Waals surface area contributed by atoms with E-state index in [1.54, 1.807) is 60.7 Å². The molecule has 1 N–H and O–H groups in total. The van der Waals surface area contributed by atoms with Crippen LogP contribution in [0.4, 0.5) is 0 Å². The summed E-state index contributed by atoms with van der Waals surface area (Å²) in [6.45, 7) is 10.7. The van der Waals surface area contributed by atoms with E-state index in [0.717, 1.165) is 57.4 Å². The second-order valence-corrected chi connectivity index (χ2v) is 20.8. The van der Waals surface area contributed by atoms with Gasteiger partial charge in [-0.2, -0.15) is 5.26 Å². The Morgan fingerprint density at radius 1 is 0.592 bits per heavy atom. The Kier molecular flexibility index (Phi) is 24.4. The normalized spacial score (nSPS) is 18.7. The fourth-order valence-corrected chi connectivity index (χ4v) is 11.1. The molecule has 0 spiro atoms. The van der Waals surface area contributed by atoms with Gasteiger partial charge in [0.1, 0.15) is 46.1 Å². The molecule has 0 saturated heterocycles. The zero-order valence-corrected chi connectivity index (χ0v) is 44.7. The van der Waals surface area contributed by atoms with Gasteiger partial charge in [0.2, 0.25) is 0 Å². The first-order valence-electron chi connectivity index (χ1n) is 26.2. The van der Waals surface area contributed by atoms with Gasteiger partial charge in [-0.05, 0) is 163 Å². The van der Waals surface area contributed by atoms with Crippen LogP contribution in [0.2, 0.25) is 0 Å². The lowest BCUT2D eigenvalue weighted by Crippen LogP contribution is -2.30. The van der Waals surface area contributed by atoms with E-state index in [2.05, 4.69) is 31.1 Å². The van der Waals surface area contributed by atoms with Crippen LogP contribution in [0, 0.1) is 46.8 Å². The van der Waals surface area contributed by atoms with Crippen molar-refractivity contribution in [1.29, 1.82) is 5.26 Å². The fraction of sp³-hybridized carbons (Fsp3) is 0.458. The number of nitriles is 1. The number of aliphatic hydroxyl groups excluding tert-OH is 1. The molecular weight excluding hydrogens is 1010 g/mol. The number of hydrogen-bond donors (Lipinski definition) is 1. The summed E-state index contributed by atoms with van der Waals surface area (Å²) in [6, 6.07) is 19.2. The first-order chi connectivity index (χ1) is 37.0. The molecule has 6 rings (SSSR count). The quantitative estimate of drug-likeness (QED) is 0.0110. The molecule has 15 nitrogen and oxygen atoms in total. The van der Waals surface area contributed by atoms with Gasteiger partial charge in [-0.3, -0.25) is 19.2 Å². The first-order valence-corrected chi connectivity index (χ1v) is 27.8. The predicted molar refractivity (Wildman–Crippen MR) is 286 cm³/mol. The molecule has 1 atom stereocenters. The van der Waals surface area contributed by atoms with Gasteiger partial charge >= 0.3 is 29.8 Å². The number of aliphatic hydroxyl groups is 1. The highest BCUT2D eigenvalue weighted by Gasteiger charge is 2.36. The Hall–Kier alpha value is -6.50. The molecule has 17 heteroatoms. The lowest BCUT2D eigenvalue weighted by Gasteiger charge is -2.26. The summed E-state index contributed by atoms with van der Waals surface area (Å²) >= 11 is 2.47. The molecule has 1 heterocycles. The Labute approximate surface area is 454 Å². The summed E-state index contributed by atoms with van der Waals surface area (Å²) in [5.74, 6) is 4.85. The average Bonchev–Trinajstić information content (AvgIpc) is 3.90. The number of rotatable bonds is 27. The minimum atomic E-state index is -0.929. The van der Waals surface area contributed by atoms with Crippen LogP contribution in [-0.4, -0.2) is 67.7 Å². The molecule has 3 aromatic rings. The van der Waals surface area contributed by atoms with Crippen LogP contribution in [0.3, 0.4) is 0 Å². The number of allylic oxidation sites excluding steroid dienone is 1. The molecule has 2 saturated carbocycles. The maximum atomic E-state index is 13.7. The van der Waals surface area contributed by atoms with Crippen molar-refractivity contribution in [2.75, 3.05) is 26.4 Å². The van der Waals surface area contributed by atoms with E-state index < -0.39 is 36.0 Å². The van der Waals surface area contributed by atoms with Crippen molar-refractivity contribution < 1.29 is 67.0 Å².